The van der Waals surface area contributed by atoms with Crippen molar-refractivity contribution in [1.82, 2.24) is 5.32 Å². The molecule has 0 bridgehead atoms. The van der Waals surface area contributed by atoms with Crippen LogP contribution in [-0.4, -0.2) is 48.0 Å². The summed E-state index contributed by atoms with van der Waals surface area (Å²) in [6.45, 7) is -0.479. The zero-order valence-electron chi connectivity index (χ0n) is 8.70. The lowest BCUT2D eigenvalue weighted by atomic mass is 10.2. The Labute approximate surface area is 99.7 Å². The minimum absolute atomic E-state index is 0.104. The molecule has 17 heavy (non-hydrogen) atoms. The third-order valence-electron chi connectivity index (χ3n) is 1.61. The van der Waals surface area contributed by atoms with E-state index < -0.39 is 25.0 Å². The molecule has 1 atom stereocenters. The van der Waals surface area contributed by atoms with E-state index in [0.717, 1.165) is 11.8 Å². The predicted octanol–water partition coefficient (Wildman–Crippen LogP) is 0.845. The second-order valence-electron chi connectivity index (χ2n) is 2.87. The number of carbonyl (C=O) groups is 2. The number of ether oxygens (including phenoxy) is 1. The Hall–Kier alpha value is -0.960. The highest BCUT2D eigenvalue weighted by atomic mass is 32.2. The molecule has 1 amide bonds. The number of halogens is 3. The molecule has 0 aromatic heterocycles. The molecule has 9 heteroatoms. The Morgan fingerprint density at radius 1 is 1.47 bits per heavy atom. The van der Waals surface area contributed by atoms with Crippen molar-refractivity contribution in [3.8, 4) is 0 Å². The van der Waals surface area contributed by atoms with E-state index in [1.54, 1.807) is 0 Å². The van der Waals surface area contributed by atoms with Crippen LogP contribution in [0.15, 0.2) is 0 Å². The van der Waals surface area contributed by atoms with Gasteiger partial charge in [-0.3, -0.25) is 9.53 Å². The van der Waals surface area contributed by atoms with E-state index in [1.807, 2.05) is 0 Å². The lowest BCUT2D eigenvalue weighted by molar-refractivity contribution is -0.322. The quantitative estimate of drug-likeness (QED) is 0.482. The minimum atomic E-state index is -4.64. The number of rotatable bonds is 9. The molecule has 0 aromatic carbocycles. The number of hydrogen-bond acceptors (Lipinski definition) is 4. The van der Waals surface area contributed by atoms with Gasteiger partial charge in [-0.05, 0) is 12.2 Å². The third kappa shape index (κ3) is 9.94. The normalized spacial score (nSPS) is 13.1. The largest absolute Gasteiger partial charge is 0.522 e. The predicted molar refractivity (Wildman–Crippen MR) is 54.6 cm³/mol. The molecule has 1 unspecified atom stereocenters. The molecular weight excluding hydrogens is 263 g/mol. The fourth-order valence-corrected chi connectivity index (χ4v) is 1.69. The zero-order valence-corrected chi connectivity index (χ0v) is 9.51. The number of amides is 1. The highest BCUT2D eigenvalue weighted by molar-refractivity contribution is 7.99. The molecule has 5 nitrogen and oxygen atoms in total. The molecule has 0 radical (unpaired) electrons. The van der Waals surface area contributed by atoms with E-state index in [0.29, 0.717) is 5.75 Å². The van der Waals surface area contributed by atoms with Gasteiger partial charge in [-0.1, -0.05) is 0 Å². The van der Waals surface area contributed by atoms with Gasteiger partial charge < -0.3 is 10.4 Å². The van der Waals surface area contributed by atoms with Gasteiger partial charge in [-0.15, -0.1) is 13.2 Å². The summed E-state index contributed by atoms with van der Waals surface area (Å²) in [4.78, 5) is 20.6. The first kappa shape index (κ1) is 16.0. The van der Waals surface area contributed by atoms with Crippen LogP contribution in [0.4, 0.5) is 13.2 Å². The molecule has 0 saturated heterocycles. The van der Waals surface area contributed by atoms with Gasteiger partial charge in [0.05, 0.1) is 6.61 Å². The minimum Gasteiger partial charge on any atom is -0.480 e. The number of aliphatic carboxylic acids is 1. The first-order valence-electron chi connectivity index (χ1n) is 4.57. The number of nitrogens with one attached hydrogen (secondary N) is 1. The Morgan fingerprint density at radius 3 is 2.59 bits per heavy atom. The van der Waals surface area contributed by atoms with Crippen LogP contribution in [0.2, 0.25) is 0 Å². The van der Waals surface area contributed by atoms with Crippen molar-refractivity contribution in [2.24, 2.45) is 0 Å². The van der Waals surface area contributed by atoms with Gasteiger partial charge in [0, 0.05) is 5.75 Å². The third-order valence-corrected chi connectivity index (χ3v) is 2.59. The second-order valence-corrected chi connectivity index (χ2v) is 4.10. The summed E-state index contributed by atoms with van der Waals surface area (Å²) < 4.78 is 38.1. The fourth-order valence-electron chi connectivity index (χ4n) is 0.880. The molecule has 0 aromatic rings. The molecule has 0 aliphatic carbocycles. The molecular formula is C8H12F3NO4S. The highest BCUT2D eigenvalue weighted by Gasteiger charge is 2.28. The second kappa shape index (κ2) is 8.18. The van der Waals surface area contributed by atoms with E-state index in [4.69, 9.17) is 5.11 Å². The molecule has 0 fully saturated rings. The van der Waals surface area contributed by atoms with Crippen LogP contribution in [0.5, 0.6) is 0 Å². The number of carboxylic acid groups (broad SMARTS) is 1. The van der Waals surface area contributed by atoms with Crippen LogP contribution in [0, 0.1) is 0 Å². The summed E-state index contributed by atoms with van der Waals surface area (Å²) in [6, 6.07) is -1.01. The topological polar surface area (TPSA) is 75.6 Å². The van der Waals surface area contributed by atoms with E-state index in [9.17, 15) is 22.8 Å². The van der Waals surface area contributed by atoms with Gasteiger partial charge in [0.1, 0.15) is 6.04 Å². The number of thioether (sulfide) groups is 1. The van der Waals surface area contributed by atoms with Gasteiger partial charge in [0.2, 0.25) is 6.41 Å². The molecule has 0 spiro atoms. The Bertz CT molecular complexity index is 249. The van der Waals surface area contributed by atoms with Crippen molar-refractivity contribution in [1.29, 1.82) is 0 Å². The maximum Gasteiger partial charge on any atom is 0.522 e. The van der Waals surface area contributed by atoms with Gasteiger partial charge in [-0.25, -0.2) is 4.79 Å². The SMILES string of the molecule is O=CNC(CCSCCOC(F)(F)F)C(=O)O. The van der Waals surface area contributed by atoms with Crippen molar-refractivity contribution in [2.75, 3.05) is 18.1 Å². The van der Waals surface area contributed by atoms with Crippen LogP contribution >= 0.6 is 11.8 Å². The molecule has 100 valence electrons. The Kier molecular flexibility index (Phi) is 7.72. The number of carboxylic acids is 1. The van der Waals surface area contributed by atoms with Crippen molar-refractivity contribution >= 4 is 24.1 Å². The van der Waals surface area contributed by atoms with Gasteiger partial charge in [-0.2, -0.15) is 11.8 Å². The Morgan fingerprint density at radius 2 is 2.12 bits per heavy atom. The summed E-state index contributed by atoms with van der Waals surface area (Å²) >= 11 is 1.12. The molecule has 0 saturated carbocycles. The van der Waals surface area contributed by atoms with Gasteiger partial charge >= 0.3 is 12.3 Å². The summed E-state index contributed by atoms with van der Waals surface area (Å²) in [5.74, 6) is -0.754. The van der Waals surface area contributed by atoms with Crippen molar-refractivity contribution in [3.63, 3.8) is 0 Å². The molecule has 0 heterocycles. The summed E-state index contributed by atoms with van der Waals surface area (Å²) in [6.07, 6.45) is -4.22. The van der Waals surface area contributed by atoms with E-state index >= 15 is 0 Å². The maximum absolute atomic E-state index is 11.5. The Balaban J connectivity index is 3.55. The van der Waals surface area contributed by atoms with Crippen molar-refractivity contribution in [2.45, 2.75) is 18.8 Å². The average molecular weight is 275 g/mol. The molecule has 0 aliphatic rings. The highest BCUT2D eigenvalue weighted by Crippen LogP contribution is 2.16. The smallest absolute Gasteiger partial charge is 0.480 e. The summed E-state index contributed by atoms with van der Waals surface area (Å²) in [5.41, 5.74) is 0. The molecule has 0 rings (SSSR count). The van der Waals surface area contributed by atoms with Crippen molar-refractivity contribution in [3.05, 3.63) is 0 Å². The van der Waals surface area contributed by atoms with Crippen LogP contribution in [0.1, 0.15) is 6.42 Å². The average Bonchev–Trinajstić information content (AvgIpc) is 2.19. The first-order valence-corrected chi connectivity index (χ1v) is 5.73. The number of alkyl halides is 3. The molecule has 2 N–H and O–H groups in total. The lowest BCUT2D eigenvalue weighted by Crippen LogP contribution is -2.36. The van der Waals surface area contributed by atoms with Crippen LogP contribution in [0.3, 0.4) is 0 Å². The fraction of sp³-hybridized carbons (Fsp3) is 0.750. The summed E-state index contributed by atoms with van der Waals surface area (Å²) in [5, 5.41) is 10.7. The zero-order chi connectivity index (χ0) is 13.3. The lowest BCUT2D eigenvalue weighted by Gasteiger charge is -2.10. The van der Waals surface area contributed by atoms with Crippen LogP contribution < -0.4 is 5.32 Å². The van der Waals surface area contributed by atoms with Crippen molar-refractivity contribution < 1.29 is 32.6 Å². The van der Waals surface area contributed by atoms with E-state index in [2.05, 4.69) is 10.1 Å². The molecule has 0 aliphatic heterocycles. The van der Waals surface area contributed by atoms with Gasteiger partial charge in [0.25, 0.3) is 0 Å². The first-order chi connectivity index (χ1) is 7.87. The van der Waals surface area contributed by atoms with E-state index in [1.165, 1.54) is 0 Å². The standard InChI is InChI=1S/C8H12F3NO4S/c9-8(10,11)16-2-4-17-3-1-6(7(14)15)12-5-13/h5-6H,1-4H2,(H,12,13)(H,14,15). The number of carbonyl (C=O) groups excluding carboxylic acids is 1. The summed E-state index contributed by atoms with van der Waals surface area (Å²) in [7, 11) is 0. The van der Waals surface area contributed by atoms with Crippen LogP contribution in [-0.2, 0) is 14.3 Å². The monoisotopic (exact) mass is 275 g/mol. The van der Waals surface area contributed by atoms with Gasteiger partial charge in [0.15, 0.2) is 0 Å². The number of hydrogen-bond donors (Lipinski definition) is 2. The van der Waals surface area contributed by atoms with Crippen LogP contribution in [0.25, 0.3) is 0 Å². The maximum atomic E-state index is 11.5. The van der Waals surface area contributed by atoms with E-state index in [-0.39, 0.29) is 18.6 Å².